The van der Waals surface area contributed by atoms with Gasteiger partial charge in [0.25, 0.3) is 0 Å². The molecule has 1 aromatic carbocycles. The number of amides is 1. The van der Waals surface area contributed by atoms with Crippen molar-refractivity contribution in [2.45, 2.75) is 19.4 Å². The van der Waals surface area contributed by atoms with Crippen LogP contribution in [0.2, 0.25) is 0 Å². The van der Waals surface area contributed by atoms with Crippen LogP contribution in [-0.4, -0.2) is 25.0 Å². The monoisotopic (exact) mass is 292 g/mol. The highest BCUT2D eigenvalue weighted by atomic mass is 32.1. The maximum atomic E-state index is 12.0. The number of benzene rings is 1. The molecule has 0 saturated carbocycles. The number of rotatable bonds is 4. The predicted octanol–water partition coefficient (Wildman–Crippen LogP) is 2.36. The van der Waals surface area contributed by atoms with Crippen molar-refractivity contribution in [3.05, 3.63) is 29.1 Å². The summed E-state index contributed by atoms with van der Waals surface area (Å²) >= 11 is 1.29. The van der Waals surface area contributed by atoms with Gasteiger partial charge in [0.05, 0.1) is 18.8 Å². The summed E-state index contributed by atoms with van der Waals surface area (Å²) in [5.41, 5.74) is 6.19. The molecule has 6 heteroatoms. The maximum Gasteiger partial charge on any atom is 0.350 e. The Bertz CT molecular complexity index is 651. The highest BCUT2D eigenvalue weighted by Gasteiger charge is 2.22. The fourth-order valence-corrected chi connectivity index (χ4v) is 2.88. The fraction of sp³-hybridized carbons (Fsp3) is 0.286. The van der Waals surface area contributed by atoms with Gasteiger partial charge in [0, 0.05) is 10.1 Å². The molecule has 106 valence electrons. The smallest absolute Gasteiger partial charge is 0.350 e. The van der Waals surface area contributed by atoms with E-state index in [4.69, 9.17) is 10.5 Å². The SMILES string of the molecule is CC[C@@H](N)C(=O)Nc1c(C(=O)OC)sc2ccccc12. The van der Waals surface area contributed by atoms with Gasteiger partial charge in [0.2, 0.25) is 5.91 Å². The van der Waals surface area contributed by atoms with Crippen LogP contribution < -0.4 is 11.1 Å². The van der Waals surface area contributed by atoms with E-state index in [1.807, 2.05) is 31.2 Å². The van der Waals surface area contributed by atoms with Gasteiger partial charge < -0.3 is 15.8 Å². The van der Waals surface area contributed by atoms with Crippen LogP contribution in [0.5, 0.6) is 0 Å². The Hall–Kier alpha value is -1.92. The molecule has 0 saturated heterocycles. The first-order chi connectivity index (χ1) is 9.58. The molecule has 0 aliphatic heterocycles. The second-order valence-electron chi connectivity index (χ2n) is 4.30. The molecule has 0 bridgehead atoms. The molecule has 1 aromatic heterocycles. The third-order valence-corrected chi connectivity index (χ3v) is 4.14. The number of carbonyl (C=O) groups is 2. The van der Waals surface area contributed by atoms with Gasteiger partial charge in [-0.05, 0) is 12.5 Å². The highest BCUT2D eigenvalue weighted by molar-refractivity contribution is 7.21. The molecule has 2 rings (SSSR count). The van der Waals surface area contributed by atoms with Crippen LogP contribution in [0.1, 0.15) is 23.0 Å². The Morgan fingerprint density at radius 3 is 2.75 bits per heavy atom. The molecule has 1 amide bonds. The number of hydrogen-bond acceptors (Lipinski definition) is 5. The van der Waals surface area contributed by atoms with Crippen molar-refractivity contribution >= 4 is 39.0 Å². The molecule has 0 unspecified atom stereocenters. The number of carbonyl (C=O) groups excluding carboxylic acids is 2. The molecule has 20 heavy (non-hydrogen) atoms. The molecular weight excluding hydrogens is 276 g/mol. The zero-order valence-corrected chi connectivity index (χ0v) is 12.1. The summed E-state index contributed by atoms with van der Waals surface area (Å²) in [4.78, 5) is 24.2. The Labute approximate surface area is 120 Å². The number of ether oxygens (including phenoxy) is 1. The lowest BCUT2D eigenvalue weighted by atomic mass is 10.2. The van der Waals surface area contributed by atoms with E-state index in [0.717, 1.165) is 10.1 Å². The Morgan fingerprint density at radius 2 is 2.10 bits per heavy atom. The molecule has 0 fully saturated rings. The Kier molecular flexibility index (Phi) is 4.36. The second kappa shape index (κ2) is 6.02. The quantitative estimate of drug-likeness (QED) is 0.848. The lowest BCUT2D eigenvalue weighted by molar-refractivity contribution is -0.117. The number of anilines is 1. The average Bonchev–Trinajstić information content (AvgIpc) is 2.84. The second-order valence-corrected chi connectivity index (χ2v) is 5.35. The van der Waals surface area contributed by atoms with Gasteiger partial charge in [-0.25, -0.2) is 4.79 Å². The largest absolute Gasteiger partial charge is 0.465 e. The predicted molar refractivity (Wildman–Crippen MR) is 80.1 cm³/mol. The number of fused-ring (bicyclic) bond motifs is 1. The van der Waals surface area contributed by atoms with E-state index < -0.39 is 12.0 Å². The van der Waals surface area contributed by atoms with Crippen LogP contribution in [0.3, 0.4) is 0 Å². The number of nitrogens with one attached hydrogen (secondary N) is 1. The molecule has 1 atom stereocenters. The third kappa shape index (κ3) is 2.66. The van der Waals surface area contributed by atoms with E-state index in [0.29, 0.717) is 17.0 Å². The van der Waals surface area contributed by atoms with Crippen LogP contribution >= 0.6 is 11.3 Å². The van der Waals surface area contributed by atoms with Gasteiger partial charge in [0.1, 0.15) is 4.88 Å². The van der Waals surface area contributed by atoms with Crippen molar-refractivity contribution in [3.8, 4) is 0 Å². The van der Waals surface area contributed by atoms with Gasteiger partial charge >= 0.3 is 5.97 Å². The van der Waals surface area contributed by atoms with Crippen molar-refractivity contribution in [2.24, 2.45) is 5.73 Å². The van der Waals surface area contributed by atoms with E-state index in [2.05, 4.69) is 5.32 Å². The zero-order chi connectivity index (χ0) is 14.7. The standard InChI is InChI=1S/C14H16N2O3S/c1-3-9(15)13(17)16-11-8-6-4-5-7-10(8)20-12(11)14(18)19-2/h4-7,9H,3,15H2,1-2H3,(H,16,17)/t9-/m1/s1. The number of hydrogen-bond donors (Lipinski definition) is 2. The van der Waals surface area contributed by atoms with Gasteiger partial charge in [-0.1, -0.05) is 25.1 Å². The third-order valence-electron chi connectivity index (χ3n) is 2.99. The molecule has 0 aliphatic rings. The molecule has 0 spiro atoms. The summed E-state index contributed by atoms with van der Waals surface area (Å²) in [7, 11) is 1.32. The summed E-state index contributed by atoms with van der Waals surface area (Å²) in [5, 5.41) is 3.56. The Morgan fingerprint density at radius 1 is 1.40 bits per heavy atom. The maximum absolute atomic E-state index is 12.0. The molecule has 5 nitrogen and oxygen atoms in total. The highest BCUT2D eigenvalue weighted by Crippen LogP contribution is 2.36. The molecule has 0 radical (unpaired) electrons. The first-order valence-electron chi connectivity index (χ1n) is 6.24. The van der Waals surface area contributed by atoms with Crippen LogP contribution in [-0.2, 0) is 9.53 Å². The summed E-state index contributed by atoms with van der Waals surface area (Å²) in [6, 6.07) is 6.88. The lowest BCUT2D eigenvalue weighted by Gasteiger charge is -2.10. The van der Waals surface area contributed by atoms with E-state index >= 15 is 0 Å². The van der Waals surface area contributed by atoms with Gasteiger partial charge in [-0.2, -0.15) is 0 Å². The van der Waals surface area contributed by atoms with Crippen molar-refractivity contribution in [3.63, 3.8) is 0 Å². The number of nitrogens with two attached hydrogens (primary N) is 1. The summed E-state index contributed by atoms with van der Waals surface area (Å²) in [6.07, 6.45) is 0.529. The lowest BCUT2D eigenvalue weighted by Crippen LogP contribution is -2.35. The molecule has 2 aromatic rings. The first-order valence-corrected chi connectivity index (χ1v) is 7.06. The number of thiophene rings is 1. The van der Waals surface area contributed by atoms with Crippen molar-refractivity contribution in [2.75, 3.05) is 12.4 Å². The fourth-order valence-electron chi connectivity index (χ4n) is 1.81. The van der Waals surface area contributed by atoms with Crippen LogP contribution in [0, 0.1) is 0 Å². The summed E-state index contributed by atoms with van der Waals surface area (Å²) in [6.45, 7) is 1.83. The molecule has 0 aliphatic carbocycles. The number of methoxy groups -OCH3 is 1. The van der Waals surface area contributed by atoms with E-state index in [9.17, 15) is 9.59 Å². The van der Waals surface area contributed by atoms with E-state index in [-0.39, 0.29) is 5.91 Å². The van der Waals surface area contributed by atoms with E-state index in [1.54, 1.807) is 0 Å². The van der Waals surface area contributed by atoms with Crippen molar-refractivity contribution < 1.29 is 14.3 Å². The van der Waals surface area contributed by atoms with Crippen molar-refractivity contribution in [1.29, 1.82) is 0 Å². The van der Waals surface area contributed by atoms with Crippen LogP contribution in [0.4, 0.5) is 5.69 Å². The number of esters is 1. The molecule has 1 heterocycles. The first kappa shape index (κ1) is 14.5. The average molecular weight is 292 g/mol. The molecule has 3 N–H and O–H groups in total. The topological polar surface area (TPSA) is 81.4 Å². The Balaban J connectivity index is 2.48. The minimum atomic E-state index is -0.598. The van der Waals surface area contributed by atoms with Crippen molar-refractivity contribution in [1.82, 2.24) is 0 Å². The van der Waals surface area contributed by atoms with Gasteiger partial charge in [0.15, 0.2) is 0 Å². The zero-order valence-electron chi connectivity index (χ0n) is 11.3. The van der Waals surface area contributed by atoms with E-state index in [1.165, 1.54) is 18.4 Å². The normalized spacial score (nSPS) is 12.2. The summed E-state index contributed by atoms with van der Waals surface area (Å²) in [5.74, 6) is -0.771. The minimum Gasteiger partial charge on any atom is -0.465 e. The van der Waals surface area contributed by atoms with Crippen LogP contribution in [0.15, 0.2) is 24.3 Å². The van der Waals surface area contributed by atoms with Crippen LogP contribution in [0.25, 0.3) is 10.1 Å². The van der Waals surface area contributed by atoms with Gasteiger partial charge in [-0.3, -0.25) is 4.79 Å². The minimum absolute atomic E-state index is 0.304. The molecular formula is C14H16N2O3S. The summed E-state index contributed by atoms with van der Waals surface area (Å²) < 4.78 is 5.67. The van der Waals surface area contributed by atoms with Gasteiger partial charge in [-0.15, -0.1) is 11.3 Å².